The standard InChI is InChI=1S/C13H17ClFN3O2/c14-10-7-12(13(18(19)20)8-11(10)15)17-6-2-1-3-9(17)4-5-16/h7-9H,1-6,16H2. The molecule has 1 aromatic rings. The average Bonchev–Trinajstić information content (AvgIpc) is 2.42. The Labute approximate surface area is 121 Å². The summed E-state index contributed by atoms with van der Waals surface area (Å²) in [7, 11) is 0. The van der Waals surface area contributed by atoms with Crippen LogP contribution in [0.25, 0.3) is 0 Å². The minimum absolute atomic E-state index is 0.0947. The Hall–Kier alpha value is -1.40. The second-order valence-electron chi connectivity index (χ2n) is 4.93. The van der Waals surface area contributed by atoms with Gasteiger partial charge >= 0.3 is 0 Å². The number of nitro groups is 1. The summed E-state index contributed by atoms with van der Waals surface area (Å²) in [5, 5.41) is 11.0. The summed E-state index contributed by atoms with van der Waals surface area (Å²) in [4.78, 5) is 12.5. The van der Waals surface area contributed by atoms with Crippen LogP contribution in [0.1, 0.15) is 25.7 Å². The molecule has 0 saturated carbocycles. The van der Waals surface area contributed by atoms with E-state index in [0.717, 1.165) is 31.7 Å². The lowest BCUT2D eigenvalue weighted by Gasteiger charge is -2.37. The first-order valence-electron chi connectivity index (χ1n) is 6.64. The number of benzene rings is 1. The Balaban J connectivity index is 2.43. The van der Waals surface area contributed by atoms with Gasteiger partial charge in [-0.1, -0.05) is 11.6 Å². The van der Waals surface area contributed by atoms with Crippen LogP contribution in [-0.4, -0.2) is 24.1 Å². The number of piperidine rings is 1. The molecule has 0 bridgehead atoms. The van der Waals surface area contributed by atoms with Crippen molar-refractivity contribution in [2.75, 3.05) is 18.0 Å². The third kappa shape index (κ3) is 3.02. The highest BCUT2D eigenvalue weighted by Gasteiger charge is 2.29. The molecule has 5 nitrogen and oxygen atoms in total. The molecule has 1 unspecified atom stereocenters. The van der Waals surface area contributed by atoms with Crippen LogP contribution in [0.4, 0.5) is 15.8 Å². The molecule has 110 valence electrons. The van der Waals surface area contributed by atoms with E-state index in [1.165, 1.54) is 6.07 Å². The summed E-state index contributed by atoms with van der Waals surface area (Å²) in [5.41, 5.74) is 5.75. The van der Waals surface area contributed by atoms with E-state index in [9.17, 15) is 14.5 Å². The zero-order valence-electron chi connectivity index (χ0n) is 11.0. The maximum absolute atomic E-state index is 13.5. The van der Waals surface area contributed by atoms with Gasteiger partial charge in [0.2, 0.25) is 0 Å². The van der Waals surface area contributed by atoms with Gasteiger partial charge in [0.1, 0.15) is 11.5 Å². The van der Waals surface area contributed by atoms with Crippen molar-refractivity contribution in [3.8, 4) is 0 Å². The van der Waals surface area contributed by atoms with Crippen LogP contribution in [0.15, 0.2) is 12.1 Å². The van der Waals surface area contributed by atoms with Crippen molar-refractivity contribution in [3.05, 3.63) is 33.1 Å². The van der Waals surface area contributed by atoms with E-state index >= 15 is 0 Å². The molecule has 2 N–H and O–H groups in total. The quantitative estimate of drug-likeness (QED) is 0.685. The number of rotatable bonds is 4. The molecule has 1 aliphatic heterocycles. The van der Waals surface area contributed by atoms with Crippen molar-refractivity contribution < 1.29 is 9.31 Å². The van der Waals surface area contributed by atoms with Gasteiger partial charge in [0, 0.05) is 12.6 Å². The van der Waals surface area contributed by atoms with Gasteiger partial charge in [0.15, 0.2) is 0 Å². The first-order valence-corrected chi connectivity index (χ1v) is 7.02. The van der Waals surface area contributed by atoms with Crippen molar-refractivity contribution in [1.82, 2.24) is 0 Å². The summed E-state index contributed by atoms with van der Waals surface area (Å²) >= 11 is 5.79. The van der Waals surface area contributed by atoms with Crippen LogP contribution in [0.3, 0.4) is 0 Å². The first kappa shape index (κ1) is 15.0. The number of anilines is 1. The van der Waals surface area contributed by atoms with Crippen LogP contribution in [-0.2, 0) is 0 Å². The van der Waals surface area contributed by atoms with E-state index in [-0.39, 0.29) is 16.8 Å². The van der Waals surface area contributed by atoms with E-state index in [2.05, 4.69) is 0 Å². The van der Waals surface area contributed by atoms with Crippen LogP contribution >= 0.6 is 11.6 Å². The number of nitrogens with zero attached hydrogens (tertiary/aromatic N) is 2. The Kier molecular flexibility index (Phi) is 4.77. The topological polar surface area (TPSA) is 72.4 Å². The van der Waals surface area contributed by atoms with E-state index in [0.29, 0.717) is 18.8 Å². The fraction of sp³-hybridized carbons (Fsp3) is 0.538. The molecule has 2 rings (SSSR count). The molecule has 0 spiro atoms. The average molecular weight is 302 g/mol. The Morgan fingerprint density at radius 2 is 2.25 bits per heavy atom. The van der Waals surface area contributed by atoms with Gasteiger partial charge in [-0.2, -0.15) is 0 Å². The maximum Gasteiger partial charge on any atom is 0.295 e. The van der Waals surface area contributed by atoms with Gasteiger partial charge in [-0.3, -0.25) is 10.1 Å². The van der Waals surface area contributed by atoms with Crippen LogP contribution in [0.5, 0.6) is 0 Å². The molecule has 7 heteroatoms. The summed E-state index contributed by atoms with van der Waals surface area (Å²) in [5.74, 6) is -0.769. The van der Waals surface area contributed by atoms with Crippen molar-refractivity contribution in [3.63, 3.8) is 0 Å². The van der Waals surface area contributed by atoms with Gasteiger partial charge < -0.3 is 10.6 Å². The predicted octanol–water partition coefficient (Wildman–Crippen LogP) is 3.10. The fourth-order valence-electron chi connectivity index (χ4n) is 2.71. The molecule has 1 atom stereocenters. The van der Waals surface area contributed by atoms with Gasteiger partial charge in [-0.25, -0.2) is 4.39 Å². The van der Waals surface area contributed by atoms with Crippen molar-refractivity contribution in [2.24, 2.45) is 5.73 Å². The molecule has 1 aliphatic rings. The molecule has 0 aliphatic carbocycles. The third-order valence-electron chi connectivity index (χ3n) is 3.65. The largest absolute Gasteiger partial charge is 0.363 e. The van der Waals surface area contributed by atoms with Crippen molar-refractivity contribution >= 4 is 23.0 Å². The van der Waals surface area contributed by atoms with E-state index < -0.39 is 10.7 Å². The number of halogens is 2. The predicted molar refractivity (Wildman–Crippen MR) is 76.7 cm³/mol. The highest BCUT2D eigenvalue weighted by atomic mass is 35.5. The van der Waals surface area contributed by atoms with Gasteiger partial charge in [-0.05, 0) is 38.3 Å². The second-order valence-corrected chi connectivity index (χ2v) is 5.34. The highest BCUT2D eigenvalue weighted by Crippen LogP contribution is 2.37. The molecule has 20 heavy (non-hydrogen) atoms. The molecule has 1 fully saturated rings. The summed E-state index contributed by atoms with van der Waals surface area (Å²) in [6.07, 6.45) is 3.71. The van der Waals surface area contributed by atoms with Crippen molar-refractivity contribution in [2.45, 2.75) is 31.7 Å². The normalized spacial score (nSPS) is 19.1. The Bertz CT molecular complexity index is 511. The Morgan fingerprint density at radius 1 is 1.50 bits per heavy atom. The smallest absolute Gasteiger partial charge is 0.295 e. The van der Waals surface area contributed by atoms with Gasteiger partial charge in [0.25, 0.3) is 5.69 Å². The number of hydrogen-bond acceptors (Lipinski definition) is 4. The molecule has 0 amide bonds. The van der Waals surface area contributed by atoms with E-state index in [1.807, 2.05) is 4.90 Å². The summed E-state index contributed by atoms with van der Waals surface area (Å²) in [6, 6.07) is 2.39. The molecular formula is C13H17ClFN3O2. The molecular weight excluding hydrogens is 285 g/mol. The summed E-state index contributed by atoms with van der Waals surface area (Å²) in [6.45, 7) is 1.22. The fourth-order valence-corrected chi connectivity index (χ4v) is 2.87. The van der Waals surface area contributed by atoms with Gasteiger partial charge in [0.05, 0.1) is 16.0 Å². The monoisotopic (exact) mass is 301 g/mol. The Morgan fingerprint density at radius 3 is 2.90 bits per heavy atom. The van der Waals surface area contributed by atoms with E-state index in [4.69, 9.17) is 17.3 Å². The lowest BCUT2D eigenvalue weighted by atomic mass is 9.98. The lowest BCUT2D eigenvalue weighted by Crippen LogP contribution is -2.41. The van der Waals surface area contributed by atoms with Crippen molar-refractivity contribution in [1.29, 1.82) is 0 Å². The number of hydrogen-bond donors (Lipinski definition) is 1. The lowest BCUT2D eigenvalue weighted by molar-refractivity contribution is -0.384. The van der Waals surface area contributed by atoms with Gasteiger partial charge in [-0.15, -0.1) is 0 Å². The molecule has 1 saturated heterocycles. The van der Waals surface area contributed by atoms with Crippen LogP contribution in [0, 0.1) is 15.9 Å². The van der Waals surface area contributed by atoms with E-state index in [1.54, 1.807) is 0 Å². The minimum Gasteiger partial charge on any atom is -0.363 e. The van der Waals surface area contributed by atoms with Crippen LogP contribution < -0.4 is 10.6 Å². The third-order valence-corrected chi connectivity index (χ3v) is 3.94. The SMILES string of the molecule is NCCC1CCCCN1c1cc(Cl)c(F)cc1[N+](=O)[O-]. The second kappa shape index (κ2) is 6.37. The molecule has 0 radical (unpaired) electrons. The zero-order chi connectivity index (χ0) is 14.7. The maximum atomic E-state index is 13.5. The molecule has 0 aromatic heterocycles. The number of nitro benzene ring substituents is 1. The molecule has 1 heterocycles. The zero-order valence-corrected chi connectivity index (χ0v) is 11.8. The highest BCUT2D eigenvalue weighted by molar-refractivity contribution is 6.31. The first-order chi connectivity index (χ1) is 9.54. The molecule has 1 aromatic carbocycles. The summed E-state index contributed by atoms with van der Waals surface area (Å²) < 4.78 is 13.5. The number of nitrogens with two attached hydrogens (primary N) is 1. The minimum atomic E-state index is -0.769. The van der Waals surface area contributed by atoms with Crippen LogP contribution in [0.2, 0.25) is 5.02 Å².